The minimum Gasteiger partial charge on any atom is -0.456 e. The largest absolute Gasteiger partial charge is 0.456 e. The Bertz CT molecular complexity index is 2720. The summed E-state index contributed by atoms with van der Waals surface area (Å²) >= 11 is 0. The molecule has 8 aromatic carbocycles. The van der Waals surface area contributed by atoms with Gasteiger partial charge in [-0.05, 0) is 114 Å². The van der Waals surface area contributed by atoms with Crippen LogP contribution in [-0.2, 0) is 6.42 Å². The summed E-state index contributed by atoms with van der Waals surface area (Å²) in [7, 11) is 0. The predicted octanol–water partition coefficient (Wildman–Crippen LogP) is 13.0. The van der Waals surface area contributed by atoms with Crippen molar-refractivity contribution in [2.45, 2.75) is 12.8 Å². The Kier molecular flexibility index (Phi) is 5.77. The van der Waals surface area contributed by atoms with E-state index in [2.05, 4.69) is 158 Å². The molecule has 1 heteroatoms. The van der Waals surface area contributed by atoms with Gasteiger partial charge < -0.3 is 4.42 Å². The van der Waals surface area contributed by atoms with Crippen molar-refractivity contribution < 1.29 is 4.42 Å². The zero-order chi connectivity index (χ0) is 30.9. The van der Waals surface area contributed by atoms with E-state index in [1.807, 2.05) is 0 Å². The fourth-order valence-electron chi connectivity index (χ4n) is 8.01. The first kappa shape index (κ1) is 26.3. The number of hydrogen-bond donors (Lipinski definition) is 0. The normalized spacial score (nSPS) is 12.9. The molecule has 0 saturated heterocycles. The molecule has 0 atom stereocenters. The molecule has 1 aliphatic carbocycles. The first-order valence-electron chi connectivity index (χ1n) is 16.5. The van der Waals surface area contributed by atoms with Crippen LogP contribution in [0.25, 0.3) is 93.7 Å². The molecular formula is C46H30O. The van der Waals surface area contributed by atoms with E-state index in [1.165, 1.54) is 87.6 Å². The second-order valence-electron chi connectivity index (χ2n) is 12.7. The number of rotatable bonds is 3. The van der Waals surface area contributed by atoms with E-state index >= 15 is 0 Å². The molecule has 0 aliphatic heterocycles. The predicted molar refractivity (Wildman–Crippen MR) is 200 cm³/mol. The van der Waals surface area contributed by atoms with Crippen molar-refractivity contribution in [2.24, 2.45) is 0 Å². The van der Waals surface area contributed by atoms with Crippen LogP contribution in [0.3, 0.4) is 0 Å². The minimum absolute atomic E-state index is 0.929. The van der Waals surface area contributed by atoms with E-state index < -0.39 is 0 Å². The van der Waals surface area contributed by atoms with Crippen molar-refractivity contribution in [3.63, 3.8) is 0 Å². The van der Waals surface area contributed by atoms with Crippen LogP contribution in [0, 0.1) is 0 Å². The highest BCUT2D eigenvalue weighted by molar-refractivity contribution is 6.17. The topological polar surface area (TPSA) is 13.1 Å². The molecule has 1 aromatic heterocycles. The molecule has 10 rings (SSSR count). The van der Waals surface area contributed by atoms with Gasteiger partial charge in [-0.25, -0.2) is 0 Å². The average Bonchev–Trinajstić information content (AvgIpc) is 3.49. The first-order chi connectivity index (χ1) is 23.3. The number of hydrogen-bond acceptors (Lipinski definition) is 1. The van der Waals surface area contributed by atoms with Crippen LogP contribution in [0.15, 0.2) is 156 Å². The molecule has 0 radical (unpaired) electrons. The molecular weight excluding hydrogens is 569 g/mol. The summed E-state index contributed by atoms with van der Waals surface area (Å²) in [6.07, 6.45) is 6.77. The highest BCUT2D eigenvalue weighted by atomic mass is 16.3. The fourth-order valence-corrected chi connectivity index (χ4v) is 8.01. The maximum atomic E-state index is 6.40. The molecule has 9 aromatic rings. The highest BCUT2D eigenvalue weighted by Gasteiger charge is 2.23. The highest BCUT2D eigenvalue weighted by Crippen LogP contribution is 2.48. The number of fused-ring (bicyclic) bond motifs is 7. The van der Waals surface area contributed by atoms with E-state index in [1.54, 1.807) is 0 Å². The van der Waals surface area contributed by atoms with Crippen LogP contribution < -0.4 is 0 Å². The third kappa shape index (κ3) is 4.03. The Hall–Kier alpha value is -5.92. The number of allylic oxidation sites excluding steroid dienone is 1. The van der Waals surface area contributed by atoms with Crippen molar-refractivity contribution in [3.05, 3.63) is 163 Å². The van der Waals surface area contributed by atoms with E-state index in [-0.39, 0.29) is 0 Å². The number of benzene rings is 8. The Balaban J connectivity index is 1.25. The van der Waals surface area contributed by atoms with Gasteiger partial charge in [-0.1, -0.05) is 133 Å². The molecule has 0 spiro atoms. The molecule has 1 nitrogen and oxygen atoms in total. The maximum Gasteiger partial charge on any atom is 0.136 e. The van der Waals surface area contributed by atoms with Crippen LogP contribution in [-0.4, -0.2) is 0 Å². The molecule has 0 N–H and O–H groups in total. The van der Waals surface area contributed by atoms with Crippen molar-refractivity contribution in [1.82, 2.24) is 0 Å². The van der Waals surface area contributed by atoms with E-state index in [0.29, 0.717) is 0 Å². The third-order valence-electron chi connectivity index (χ3n) is 10.1. The lowest BCUT2D eigenvalue weighted by atomic mass is 9.79. The summed E-state index contributed by atoms with van der Waals surface area (Å²) in [6.45, 7) is 0. The summed E-state index contributed by atoms with van der Waals surface area (Å²) in [4.78, 5) is 0. The van der Waals surface area contributed by atoms with Crippen molar-refractivity contribution in [3.8, 4) is 33.4 Å². The zero-order valence-corrected chi connectivity index (χ0v) is 25.8. The fraction of sp³-hybridized carbons (Fsp3) is 0.0435. The van der Waals surface area contributed by atoms with Gasteiger partial charge in [0, 0.05) is 10.8 Å². The SMILES string of the molecule is C1=Cc2c(c(-c3ccc4oc5cc6ccccc6cc5c4c3)c3ccccc3c2-c2ccc(-c3ccccc3)c3ccccc23)CC1. The lowest BCUT2D eigenvalue weighted by Crippen LogP contribution is -2.03. The lowest BCUT2D eigenvalue weighted by molar-refractivity contribution is 0.669. The molecule has 47 heavy (non-hydrogen) atoms. The Morgan fingerprint density at radius 2 is 1.06 bits per heavy atom. The van der Waals surface area contributed by atoms with Crippen molar-refractivity contribution in [2.75, 3.05) is 0 Å². The van der Waals surface area contributed by atoms with Crippen molar-refractivity contribution >= 4 is 60.3 Å². The van der Waals surface area contributed by atoms with Gasteiger partial charge in [0.2, 0.25) is 0 Å². The molecule has 0 fully saturated rings. The molecule has 220 valence electrons. The van der Waals surface area contributed by atoms with Crippen LogP contribution in [0.1, 0.15) is 17.5 Å². The van der Waals surface area contributed by atoms with Gasteiger partial charge >= 0.3 is 0 Å². The maximum absolute atomic E-state index is 6.40. The van der Waals surface area contributed by atoms with Gasteiger partial charge in [-0.3, -0.25) is 0 Å². The molecule has 1 heterocycles. The van der Waals surface area contributed by atoms with Crippen LogP contribution in [0.4, 0.5) is 0 Å². The molecule has 0 saturated carbocycles. The van der Waals surface area contributed by atoms with Gasteiger partial charge in [-0.2, -0.15) is 0 Å². The second-order valence-corrected chi connectivity index (χ2v) is 12.7. The Labute approximate surface area is 273 Å². The zero-order valence-electron chi connectivity index (χ0n) is 25.8. The lowest BCUT2D eigenvalue weighted by Gasteiger charge is -2.24. The van der Waals surface area contributed by atoms with E-state index in [4.69, 9.17) is 4.42 Å². The minimum atomic E-state index is 0.929. The number of furan rings is 1. The molecule has 1 aliphatic rings. The Morgan fingerprint density at radius 3 is 1.87 bits per heavy atom. The van der Waals surface area contributed by atoms with Gasteiger partial charge in [0.25, 0.3) is 0 Å². The molecule has 0 bridgehead atoms. The third-order valence-corrected chi connectivity index (χ3v) is 10.1. The summed E-state index contributed by atoms with van der Waals surface area (Å²) in [6, 6.07) is 53.1. The average molecular weight is 599 g/mol. The summed E-state index contributed by atoms with van der Waals surface area (Å²) < 4.78 is 6.40. The monoisotopic (exact) mass is 598 g/mol. The van der Waals surface area contributed by atoms with E-state index in [9.17, 15) is 0 Å². The van der Waals surface area contributed by atoms with Crippen LogP contribution >= 0.6 is 0 Å². The van der Waals surface area contributed by atoms with Gasteiger partial charge in [0.15, 0.2) is 0 Å². The van der Waals surface area contributed by atoms with Gasteiger partial charge in [0.1, 0.15) is 11.2 Å². The van der Waals surface area contributed by atoms with Gasteiger partial charge in [0.05, 0.1) is 0 Å². The quantitative estimate of drug-likeness (QED) is 0.197. The van der Waals surface area contributed by atoms with Gasteiger partial charge in [-0.15, -0.1) is 0 Å². The van der Waals surface area contributed by atoms with Crippen LogP contribution in [0.2, 0.25) is 0 Å². The van der Waals surface area contributed by atoms with Crippen molar-refractivity contribution in [1.29, 1.82) is 0 Å². The standard InChI is InChI=1S/C46H30O/c1-2-12-29(13-3-1)33-23-24-40(35-17-7-6-16-34(33)35)46-38-20-10-8-18-36(38)45(37-19-9-11-21-39(37)46)32-22-25-43-41(27-32)42-26-30-14-4-5-15-31(30)28-44(42)47-43/h1-8,10-18,20-28H,9,19H2. The summed E-state index contributed by atoms with van der Waals surface area (Å²) in [5.74, 6) is 0. The summed E-state index contributed by atoms with van der Waals surface area (Å²) in [5, 5.41) is 9.91. The smallest absolute Gasteiger partial charge is 0.136 e. The van der Waals surface area contributed by atoms with Crippen LogP contribution in [0.5, 0.6) is 0 Å². The first-order valence-corrected chi connectivity index (χ1v) is 16.5. The Morgan fingerprint density at radius 1 is 0.426 bits per heavy atom. The molecule has 0 amide bonds. The van der Waals surface area contributed by atoms with E-state index in [0.717, 1.165) is 24.0 Å². The molecule has 0 unspecified atom stereocenters. The second kappa shape index (κ2) is 10.3. The summed E-state index contributed by atoms with van der Waals surface area (Å²) in [5.41, 5.74) is 12.3.